The number of nitrogens with zero attached hydrogens (tertiary/aromatic N) is 1. The molecule has 1 saturated carbocycles. The molecule has 3 aliphatic rings. The summed E-state index contributed by atoms with van der Waals surface area (Å²) in [7, 11) is 0. The van der Waals surface area contributed by atoms with Crippen LogP contribution in [0.3, 0.4) is 0 Å². The fourth-order valence-electron chi connectivity index (χ4n) is 5.48. The highest BCUT2D eigenvalue weighted by molar-refractivity contribution is 5.81. The number of carboxylic acid groups (broad SMARTS) is 1. The number of amides is 2. The molecule has 1 aliphatic heterocycles. The van der Waals surface area contributed by atoms with Crippen LogP contribution in [-0.2, 0) is 14.3 Å². The number of hydrogen-bond donors (Lipinski definition) is 2. The van der Waals surface area contributed by atoms with Gasteiger partial charge in [0.15, 0.2) is 0 Å². The van der Waals surface area contributed by atoms with Crippen LogP contribution in [0.25, 0.3) is 11.1 Å². The van der Waals surface area contributed by atoms with E-state index in [0.29, 0.717) is 13.0 Å². The molecule has 0 aromatic heterocycles. The monoisotopic (exact) mass is 462 g/mol. The van der Waals surface area contributed by atoms with E-state index in [1.54, 1.807) is 4.90 Å². The molecule has 34 heavy (non-hydrogen) atoms. The number of carboxylic acids is 1. The van der Waals surface area contributed by atoms with E-state index < -0.39 is 17.6 Å². The Hall–Kier alpha value is -3.35. The van der Waals surface area contributed by atoms with Gasteiger partial charge in [0.1, 0.15) is 6.61 Å². The van der Waals surface area contributed by atoms with E-state index in [0.717, 1.165) is 36.8 Å². The minimum atomic E-state index is -0.886. The molecule has 0 radical (unpaired) electrons. The second-order valence-electron chi connectivity index (χ2n) is 9.74. The van der Waals surface area contributed by atoms with Crippen molar-refractivity contribution in [2.24, 2.45) is 0 Å². The number of aliphatic carboxylic acids is 1. The zero-order chi connectivity index (χ0) is 23.7. The highest BCUT2D eigenvalue weighted by atomic mass is 16.5. The molecule has 7 heteroatoms. The Kier molecular flexibility index (Phi) is 6.02. The van der Waals surface area contributed by atoms with Crippen molar-refractivity contribution in [3.8, 4) is 11.1 Å². The van der Waals surface area contributed by atoms with Gasteiger partial charge in [-0.2, -0.15) is 0 Å². The number of fused-ring (bicyclic) bond motifs is 3. The van der Waals surface area contributed by atoms with Crippen LogP contribution >= 0.6 is 0 Å². The second-order valence-corrected chi connectivity index (χ2v) is 9.74. The van der Waals surface area contributed by atoms with Gasteiger partial charge in [0.2, 0.25) is 5.91 Å². The molecule has 1 heterocycles. The number of ether oxygens (including phenoxy) is 1. The van der Waals surface area contributed by atoms with Crippen LogP contribution in [0, 0.1) is 0 Å². The first-order chi connectivity index (χ1) is 16.5. The largest absolute Gasteiger partial charge is 0.481 e. The number of rotatable bonds is 7. The number of carbonyl (C=O) groups excluding carboxylic acids is 2. The van der Waals surface area contributed by atoms with Crippen molar-refractivity contribution in [2.75, 3.05) is 13.2 Å². The van der Waals surface area contributed by atoms with Crippen molar-refractivity contribution in [1.82, 2.24) is 10.2 Å². The van der Waals surface area contributed by atoms with Crippen LogP contribution in [0.15, 0.2) is 48.5 Å². The first-order valence-electron chi connectivity index (χ1n) is 12.1. The first-order valence-corrected chi connectivity index (χ1v) is 12.1. The molecule has 0 unspecified atom stereocenters. The van der Waals surface area contributed by atoms with Gasteiger partial charge in [-0.1, -0.05) is 48.5 Å². The third kappa shape index (κ3) is 4.52. The predicted octanol–water partition coefficient (Wildman–Crippen LogP) is 4.30. The van der Waals surface area contributed by atoms with E-state index in [-0.39, 0.29) is 37.3 Å². The standard InChI is InChI=1S/C27H30N2O5/c30-24(29-14-6-5-7-18(29)15-25(31)32)16-27(12-13-27)28-26(33)34-17-23-21-10-3-1-8-19(21)20-9-2-4-11-22(20)23/h1-4,8-11,18,23H,5-7,12-17H2,(H,28,33)(H,31,32)/t18-/m1/s1. The van der Waals surface area contributed by atoms with E-state index in [2.05, 4.69) is 29.6 Å². The number of hydrogen-bond acceptors (Lipinski definition) is 4. The summed E-state index contributed by atoms with van der Waals surface area (Å²) in [6.07, 6.45) is 3.63. The molecule has 2 aromatic rings. The van der Waals surface area contributed by atoms with Crippen molar-refractivity contribution in [3.05, 3.63) is 59.7 Å². The minimum absolute atomic E-state index is 0.0138. The van der Waals surface area contributed by atoms with Crippen molar-refractivity contribution in [3.63, 3.8) is 0 Å². The Morgan fingerprint density at radius 2 is 1.65 bits per heavy atom. The van der Waals surface area contributed by atoms with Gasteiger partial charge in [-0.3, -0.25) is 9.59 Å². The van der Waals surface area contributed by atoms with Crippen LogP contribution in [-0.4, -0.2) is 52.7 Å². The number of alkyl carbamates (subject to hydrolysis) is 1. The molecule has 1 atom stereocenters. The molecule has 2 amide bonds. The maximum absolute atomic E-state index is 13.0. The maximum Gasteiger partial charge on any atom is 0.407 e. The molecule has 0 spiro atoms. The molecule has 2 N–H and O–H groups in total. The Balaban J connectivity index is 1.19. The SMILES string of the molecule is O=C(O)C[C@H]1CCCCN1C(=O)CC1(NC(=O)OCC2c3ccccc3-c3ccccc32)CC1. The number of carbonyl (C=O) groups is 3. The maximum atomic E-state index is 13.0. The zero-order valence-corrected chi connectivity index (χ0v) is 19.2. The Morgan fingerprint density at radius 3 is 2.26 bits per heavy atom. The van der Waals surface area contributed by atoms with Crippen molar-refractivity contribution >= 4 is 18.0 Å². The molecule has 7 nitrogen and oxygen atoms in total. The van der Waals surface area contributed by atoms with Crippen LogP contribution in [0.2, 0.25) is 0 Å². The molecule has 178 valence electrons. The molecule has 2 fully saturated rings. The van der Waals surface area contributed by atoms with Gasteiger partial charge in [-0.25, -0.2) is 4.79 Å². The Labute approximate surface area is 199 Å². The summed E-state index contributed by atoms with van der Waals surface area (Å²) < 4.78 is 5.66. The molecule has 2 aliphatic carbocycles. The van der Waals surface area contributed by atoms with Crippen molar-refractivity contribution < 1.29 is 24.2 Å². The normalized spacial score (nSPS) is 20.2. The number of benzene rings is 2. The minimum Gasteiger partial charge on any atom is -0.481 e. The van der Waals surface area contributed by atoms with Crippen molar-refractivity contribution in [2.45, 2.75) is 62.4 Å². The highest BCUT2D eigenvalue weighted by Gasteiger charge is 2.47. The Bertz CT molecular complexity index is 1060. The third-order valence-electron chi connectivity index (χ3n) is 7.41. The van der Waals surface area contributed by atoms with Crippen LogP contribution < -0.4 is 5.32 Å². The lowest BCUT2D eigenvalue weighted by Gasteiger charge is -2.36. The van der Waals surface area contributed by atoms with Gasteiger partial charge in [0.25, 0.3) is 0 Å². The van der Waals surface area contributed by atoms with E-state index >= 15 is 0 Å². The summed E-state index contributed by atoms with van der Waals surface area (Å²) in [5.41, 5.74) is 4.08. The lowest BCUT2D eigenvalue weighted by molar-refractivity contribution is -0.142. The number of nitrogens with one attached hydrogen (secondary N) is 1. The number of likely N-dealkylation sites (tertiary alicyclic amines) is 1. The second kappa shape index (κ2) is 9.12. The molecule has 0 bridgehead atoms. The summed E-state index contributed by atoms with van der Waals surface area (Å²) in [5.74, 6) is -0.981. The van der Waals surface area contributed by atoms with Gasteiger partial charge in [-0.05, 0) is 54.4 Å². The molecule has 1 saturated heterocycles. The average molecular weight is 463 g/mol. The Morgan fingerprint density at radius 1 is 1.00 bits per heavy atom. The summed E-state index contributed by atoms with van der Waals surface area (Å²) in [6, 6.07) is 16.1. The lowest BCUT2D eigenvalue weighted by Crippen LogP contribution is -2.48. The lowest BCUT2D eigenvalue weighted by atomic mass is 9.98. The summed E-state index contributed by atoms with van der Waals surface area (Å²) >= 11 is 0. The van der Waals surface area contributed by atoms with Gasteiger partial charge in [0.05, 0.1) is 18.4 Å². The molecule has 5 rings (SSSR count). The van der Waals surface area contributed by atoms with Gasteiger partial charge < -0.3 is 20.1 Å². The summed E-state index contributed by atoms with van der Waals surface area (Å²) in [4.78, 5) is 38.6. The van der Waals surface area contributed by atoms with E-state index in [4.69, 9.17) is 4.74 Å². The topological polar surface area (TPSA) is 95.9 Å². The fraction of sp³-hybridized carbons (Fsp3) is 0.444. The van der Waals surface area contributed by atoms with Crippen LogP contribution in [0.5, 0.6) is 0 Å². The predicted molar refractivity (Wildman–Crippen MR) is 126 cm³/mol. The smallest absolute Gasteiger partial charge is 0.407 e. The van der Waals surface area contributed by atoms with Crippen molar-refractivity contribution in [1.29, 1.82) is 0 Å². The van der Waals surface area contributed by atoms with Crippen LogP contribution in [0.4, 0.5) is 4.79 Å². The summed E-state index contributed by atoms with van der Waals surface area (Å²) in [6.45, 7) is 0.814. The van der Waals surface area contributed by atoms with Gasteiger partial charge >= 0.3 is 12.1 Å². The van der Waals surface area contributed by atoms with E-state index in [1.807, 2.05) is 24.3 Å². The van der Waals surface area contributed by atoms with E-state index in [1.165, 1.54) is 11.1 Å². The fourth-order valence-corrected chi connectivity index (χ4v) is 5.48. The average Bonchev–Trinajstić information content (AvgIpc) is 3.49. The quantitative estimate of drug-likeness (QED) is 0.640. The van der Waals surface area contributed by atoms with Gasteiger partial charge in [0, 0.05) is 18.5 Å². The molecular weight excluding hydrogens is 432 g/mol. The first kappa shape index (κ1) is 22.4. The van der Waals surface area contributed by atoms with E-state index in [9.17, 15) is 19.5 Å². The van der Waals surface area contributed by atoms with Crippen LogP contribution in [0.1, 0.15) is 62.0 Å². The zero-order valence-electron chi connectivity index (χ0n) is 19.2. The number of piperidine rings is 1. The molecule has 2 aromatic carbocycles. The third-order valence-corrected chi connectivity index (χ3v) is 7.41. The van der Waals surface area contributed by atoms with Gasteiger partial charge in [-0.15, -0.1) is 0 Å². The highest BCUT2D eigenvalue weighted by Crippen LogP contribution is 2.45. The molecular formula is C27H30N2O5. The summed E-state index contributed by atoms with van der Waals surface area (Å²) in [5, 5.41) is 12.1.